The van der Waals surface area contributed by atoms with E-state index in [2.05, 4.69) is 15.9 Å². The predicted octanol–water partition coefficient (Wildman–Crippen LogP) is 3.09. The van der Waals surface area contributed by atoms with E-state index >= 15 is 0 Å². The van der Waals surface area contributed by atoms with Gasteiger partial charge < -0.3 is 9.64 Å². The molecule has 0 spiro atoms. The van der Waals surface area contributed by atoms with Crippen molar-refractivity contribution in [3.05, 3.63) is 34.1 Å². The molecule has 0 aliphatic rings. The summed E-state index contributed by atoms with van der Waals surface area (Å²) in [6.07, 6.45) is 0. The third-order valence-electron chi connectivity index (χ3n) is 2.72. The number of ether oxygens (including phenoxy) is 1. The van der Waals surface area contributed by atoms with Crippen LogP contribution in [0.5, 0.6) is 0 Å². The van der Waals surface area contributed by atoms with Crippen molar-refractivity contribution in [1.82, 2.24) is 4.90 Å². The van der Waals surface area contributed by atoms with Crippen LogP contribution in [0.25, 0.3) is 0 Å². The maximum absolute atomic E-state index is 13.9. The molecule has 0 aromatic heterocycles. The van der Waals surface area contributed by atoms with Crippen LogP contribution in [-0.4, -0.2) is 37.1 Å². The van der Waals surface area contributed by atoms with Crippen molar-refractivity contribution in [3.8, 4) is 0 Å². The summed E-state index contributed by atoms with van der Waals surface area (Å²) < 4.78 is 19.2. The minimum absolute atomic E-state index is 0.0779. The Kier molecular flexibility index (Phi) is 5.75. The standard InChI is InChI=1S/C13H17BrFNO2/c1-4-16(9(2)8-18-3)13(17)10-6-5-7-11(14)12(10)15/h5-7,9H,4,8H2,1-3H3. The van der Waals surface area contributed by atoms with E-state index in [1.165, 1.54) is 6.07 Å². The highest BCUT2D eigenvalue weighted by Crippen LogP contribution is 2.20. The molecule has 0 heterocycles. The van der Waals surface area contributed by atoms with Crippen molar-refractivity contribution in [3.63, 3.8) is 0 Å². The number of likely N-dealkylation sites (N-methyl/N-ethyl adjacent to an activating group) is 1. The Hall–Kier alpha value is -0.940. The van der Waals surface area contributed by atoms with E-state index < -0.39 is 5.82 Å². The van der Waals surface area contributed by atoms with Gasteiger partial charge in [0, 0.05) is 13.7 Å². The van der Waals surface area contributed by atoms with Crippen LogP contribution < -0.4 is 0 Å². The van der Waals surface area contributed by atoms with Crippen LogP contribution in [0.3, 0.4) is 0 Å². The van der Waals surface area contributed by atoms with Crippen molar-refractivity contribution < 1.29 is 13.9 Å². The van der Waals surface area contributed by atoms with E-state index in [0.717, 1.165) is 0 Å². The van der Waals surface area contributed by atoms with E-state index in [0.29, 0.717) is 17.6 Å². The van der Waals surface area contributed by atoms with Crippen LogP contribution in [0.4, 0.5) is 4.39 Å². The topological polar surface area (TPSA) is 29.5 Å². The maximum atomic E-state index is 13.9. The van der Waals surface area contributed by atoms with E-state index in [4.69, 9.17) is 4.74 Å². The summed E-state index contributed by atoms with van der Waals surface area (Å²) >= 11 is 3.08. The molecule has 1 amide bonds. The third-order valence-corrected chi connectivity index (χ3v) is 3.34. The monoisotopic (exact) mass is 317 g/mol. The second kappa shape index (κ2) is 6.85. The van der Waals surface area contributed by atoms with Crippen LogP contribution in [0.15, 0.2) is 22.7 Å². The molecule has 3 nitrogen and oxygen atoms in total. The number of carbonyl (C=O) groups excluding carboxylic acids is 1. The summed E-state index contributed by atoms with van der Waals surface area (Å²) in [6.45, 7) is 4.67. The SMILES string of the molecule is CCN(C(=O)c1cccc(Br)c1F)C(C)COC. The first kappa shape index (κ1) is 15.1. The summed E-state index contributed by atoms with van der Waals surface area (Å²) in [6, 6.07) is 4.62. The first-order chi connectivity index (χ1) is 8.52. The molecule has 0 bridgehead atoms. The van der Waals surface area contributed by atoms with Gasteiger partial charge in [0.2, 0.25) is 0 Å². The number of nitrogens with zero attached hydrogens (tertiary/aromatic N) is 1. The fourth-order valence-corrected chi connectivity index (χ4v) is 2.18. The molecule has 1 atom stereocenters. The number of amides is 1. The number of methoxy groups -OCH3 is 1. The van der Waals surface area contributed by atoms with Gasteiger partial charge in [-0.1, -0.05) is 6.07 Å². The van der Waals surface area contributed by atoms with Crippen LogP contribution >= 0.6 is 15.9 Å². The molecule has 1 aromatic rings. The van der Waals surface area contributed by atoms with E-state index in [9.17, 15) is 9.18 Å². The number of benzene rings is 1. The van der Waals surface area contributed by atoms with Crippen LogP contribution in [0.1, 0.15) is 24.2 Å². The first-order valence-electron chi connectivity index (χ1n) is 5.76. The Bertz CT molecular complexity index is 425. The van der Waals surface area contributed by atoms with E-state index in [-0.39, 0.29) is 17.5 Å². The van der Waals surface area contributed by atoms with Crippen LogP contribution in [-0.2, 0) is 4.74 Å². The summed E-state index contributed by atoms with van der Waals surface area (Å²) in [7, 11) is 1.58. The van der Waals surface area contributed by atoms with Crippen LogP contribution in [0, 0.1) is 5.82 Å². The van der Waals surface area contributed by atoms with E-state index in [1.54, 1.807) is 24.1 Å². The summed E-state index contributed by atoms with van der Waals surface area (Å²) in [5.74, 6) is -0.841. The molecular weight excluding hydrogens is 301 g/mol. The zero-order chi connectivity index (χ0) is 13.7. The lowest BCUT2D eigenvalue weighted by Crippen LogP contribution is -2.41. The smallest absolute Gasteiger partial charge is 0.257 e. The second-order valence-electron chi connectivity index (χ2n) is 4.00. The molecule has 1 rings (SSSR count). The van der Waals surface area contributed by atoms with Crippen LogP contribution in [0.2, 0.25) is 0 Å². The molecule has 0 saturated heterocycles. The Morgan fingerprint density at radius 2 is 2.22 bits per heavy atom. The Balaban J connectivity index is 3.00. The minimum Gasteiger partial charge on any atom is -0.383 e. The molecule has 0 fully saturated rings. The molecular formula is C13H17BrFNO2. The van der Waals surface area contributed by atoms with Gasteiger partial charge in [-0.2, -0.15) is 0 Å². The number of carbonyl (C=O) groups is 1. The van der Waals surface area contributed by atoms with Gasteiger partial charge >= 0.3 is 0 Å². The van der Waals surface area contributed by atoms with Gasteiger partial charge in [-0.05, 0) is 41.9 Å². The summed E-state index contributed by atoms with van der Waals surface area (Å²) in [5.41, 5.74) is 0.0779. The number of rotatable bonds is 5. The molecule has 0 radical (unpaired) electrons. The Morgan fingerprint density at radius 3 is 2.78 bits per heavy atom. The fraction of sp³-hybridized carbons (Fsp3) is 0.462. The Labute approximate surface area is 115 Å². The summed E-state index contributed by atoms with van der Waals surface area (Å²) in [5, 5.41) is 0. The maximum Gasteiger partial charge on any atom is 0.257 e. The third kappa shape index (κ3) is 3.29. The molecule has 5 heteroatoms. The molecule has 0 aliphatic heterocycles. The summed E-state index contributed by atoms with van der Waals surface area (Å²) in [4.78, 5) is 13.9. The molecule has 1 unspecified atom stereocenters. The quantitative estimate of drug-likeness (QED) is 0.835. The average molecular weight is 318 g/mol. The second-order valence-corrected chi connectivity index (χ2v) is 4.85. The molecule has 0 N–H and O–H groups in total. The van der Waals surface area contributed by atoms with Gasteiger partial charge in [-0.25, -0.2) is 4.39 Å². The lowest BCUT2D eigenvalue weighted by molar-refractivity contribution is 0.0574. The lowest BCUT2D eigenvalue weighted by atomic mass is 10.1. The van der Waals surface area contributed by atoms with Gasteiger partial charge in [-0.3, -0.25) is 4.79 Å². The van der Waals surface area contributed by atoms with Gasteiger partial charge in [0.15, 0.2) is 0 Å². The number of halogens is 2. The van der Waals surface area contributed by atoms with Crippen molar-refractivity contribution in [1.29, 1.82) is 0 Å². The fourth-order valence-electron chi connectivity index (χ4n) is 1.81. The minimum atomic E-state index is -0.523. The number of hydrogen-bond acceptors (Lipinski definition) is 2. The van der Waals surface area contributed by atoms with Gasteiger partial charge in [-0.15, -0.1) is 0 Å². The van der Waals surface area contributed by atoms with Crippen molar-refractivity contribution in [2.45, 2.75) is 19.9 Å². The zero-order valence-electron chi connectivity index (χ0n) is 10.7. The highest BCUT2D eigenvalue weighted by Gasteiger charge is 2.23. The molecule has 100 valence electrons. The highest BCUT2D eigenvalue weighted by molar-refractivity contribution is 9.10. The largest absolute Gasteiger partial charge is 0.383 e. The molecule has 0 aliphatic carbocycles. The molecule has 18 heavy (non-hydrogen) atoms. The lowest BCUT2D eigenvalue weighted by Gasteiger charge is -2.27. The first-order valence-corrected chi connectivity index (χ1v) is 6.56. The average Bonchev–Trinajstić information content (AvgIpc) is 2.33. The molecule has 0 saturated carbocycles. The highest BCUT2D eigenvalue weighted by atomic mass is 79.9. The normalized spacial score (nSPS) is 12.3. The van der Waals surface area contributed by atoms with Gasteiger partial charge in [0.05, 0.1) is 22.7 Å². The molecule has 1 aromatic carbocycles. The van der Waals surface area contributed by atoms with Gasteiger partial charge in [0.25, 0.3) is 5.91 Å². The van der Waals surface area contributed by atoms with Crippen molar-refractivity contribution >= 4 is 21.8 Å². The van der Waals surface area contributed by atoms with Crippen molar-refractivity contribution in [2.24, 2.45) is 0 Å². The number of hydrogen-bond donors (Lipinski definition) is 0. The predicted molar refractivity (Wildman–Crippen MR) is 72.1 cm³/mol. The zero-order valence-corrected chi connectivity index (χ0v) is 12.3. The van der Waals surface area contributed by atoms with Gasteiger partial charge in [0.1, 0.15) is 5.82 Å². The Morgan fingerprint density at radius 1 is 1.56 bits per heavy atom. The van der Waals surface area contributed by atoms with Crippen molar-refractivity contribution in [2.75, 3.05) is 20.3 Å². The van der Waals surface area contributed by atoms with E-state index in [1.807, 2.05) is 13.8 Å².